The summed E-state index contributed by atoms with van der Waals surface area (Å²) in [5.41, 5.74) is 1.86. The van der Waals surface area contributed by atoms with Gasteiger partial charge >= 0.3 is 6.36 Å². The van der Waals surface area contributed by atoms with E-state index in [1.54, 1.807) is 11.3 Å². The molecule has 0 bridgehead atoms. The van der Waals surface area contributed by atoms with Gasteiger partial charge in [-0.05, 0) is 48.6 Å². The van der Waals surface area contributed by atoms with E-state index in [9.17, 15) is 18.0 Å². The fourth-order valence-corrected chi connectivity index (χ4v) is 4.78. The molecule has 1 amide bonds. The number of amides is 1. The van der Waals surface area contributed by atoms with Crippen molar-refractivity contribution in [3.63, 3.8) is 0 Å². The average Bonchev–Trinajstić information content (AvgIpc) is 3.31. The summed E-state index contributed by atoms with van der Waals surface area (Å²) in [6, 6.07) is 7.80. The molecule has 144 valence electrons. The lowest BCUT2D eigenvalue weighted by Gasteiger charge is -2.32. The van der Waals surface area contributed by atoms with Gasteiger partial charge in [-0.25, -0.2) is 0 Å². The second kappa shape index (κ2) is 7.16. The zero-order valence-electron chi connectivity index (χ0n) is 14.5. The van der Waals surface area contributed by atoms with Crippen molar-refractivity contribution >= 4 is 22.9 Å². The van der Waals surface area contributed by atoms with Gasteiger partial charge in [0, 0.05) is 28.5 Å². The maximum atomic E-state index is 12.5. The minimum atomic E-state index is -4.72. The third-order valence-electron chi connectivity index (χ3n) is 5.08. The number of anilines is 1. The van der Waals surface area contributed by atoms with Crippen LogP contribution in [-0.2, 0) is 11.2 Å². The first kappa shape index (κ1) is 18.3. The lowest BCUT2D eigenvalue weighted by atomic mass is 9.96. The van der Waals surface area contributed by atoms with Crippen LogP contribution in [0.1, 0.15) is 29.3 Å². The Morgan fingerprint density at radius 3 is 2.63 bits per heavy atom. The highest BCUT2D eigenvalue weighted by Gasteiger charge is 2.43. The molecular weight excluding hydrogens is 377 g/mol. The van der Waals surface area contributed by atoms with Gasteiger partial charge in [0.2, 0.25) is 0 Å². The van der Waals surface area contributed by atoms with Crippen LogP contribution < -0.4 is 15.0 Å². The van der Waals surface area contributed by atoms with Gasteiger partial charge in [0.15, 0.2) is 6.54 Å². The van der Waals surface area contributed by atoms with Crippen molar-refractivity contribution in [1.82, 2.24) is 0 Å². The Labute approximate surface area is 158 Å². The van der Waals surface area contributed by atoms with Crippen LogP contribution in [0.3, 0.4) is 0 Å². The molecule has 2 atom stereocenters. The standard InChI is InChI=1S/C19H19F3N2O2S/c20-19(21,22)26-14-5-3-13(4-6-14)23-17(25)11-24-9-7-16-15(8-10-27-16)18(24)12-1-2-12/h3-6,8,10,12,18H,1-2,7,9,11H2,(H,23,25)/p+1/t18-/m0/s1. The average molecular weight is 397 g/mol. The Morgan fingerprint density at radius 1 is 1.22 bits per heavy atom. The molecule has 1 fully saturated rings. The van der Waals surface area contributed by atoms with Gasteiger partial charge < -0.3 is 15.0 Å². The molecule has 1 saturated carbocycles. The van der Waals surface area contributed by atoms with E-state index in [4.69, 9.17) is 0 Å². The van der Waals surface area contributed by atoms with Crippen LogP contribution in [0.2, 0.25) is 0 Å². The number of halogens is 3. The summed E-state index contributed by atoms with van der Waals surface area (Å²) >= 11 is 1.80. The topological polar surface area (TPSA) is 42.8 Å². The molecular formula is C19H20F3N2O2S+. The second-order valence-corrected chi connectivity index (χ2v) is 8.07. The van der Waals surface area contributed by atoms with E-state index in [2.05, 4.69) is 21.5 Å². The van der Waals surface area contributed by atoms with Gasteiger partial charge in [0.25, 0.3) is 5.91 Å². The molecule has 2 N–H and O–H groups in total. The van der Waals surface area contributed by atoms with Crippen LogP contribution in [0.4, 0.5) is 18.9 Å². The van der Waals surface area contributed by atoms with Crippen molar-refractivity contribution in [2.24, 2.45) is 5.92 Å². The van der Waals surface area contributed by atoms with Gasteiger partial charge in [-0.1, -0.05) is 0 Å². The highest BCUT2D eigenvalue weighted by Crippen LogP contribution is 2.42. The number of carbonyl (C=O) groups is 1. The second-order valence-electron chi connectivity index (χ2n) is 7.07. The number of thiophene rings is 1. The number of hydrogen-bond acceptors (Lipinski definition) is 3. The predicted molar refractivity (Wildman–Crippen MR) is 95.9 cm³/mol. The number of ether oxygens (including phenoxy) is 1. The predicted octanol–water partition coefficient (Wildman–Crippen LogP) is 3.18. The minimum absolute atomic E-state index is 0.126. The van der Waals surface area contributed by atoms with Crippen LogP contribution >= 0.6 is 11.3 Å². The zero-order chi connectivity index (χ0) is 19.0. The van der Waals surface area contributed by atoms with Crippen LogP contribution in [0.25, 0.3) is 0 Å². The smallest absolute Gasteiger partial charge is 0.406 e. The van der Waals surface area contributed by atoms with E-state index in [1.165, 1.54) is 52.4 Å². The van der Waals surface area contributed by atoms with E-state index in [-0.39, 0.29) is 11.7 Å². The maximum Gasteiger partial charge on any atom is 0.573 e. The fraction of sp³-hybridized carbons (Fsp3) is 0.421. The molecule has 1 aliphatic carbocycles. The number of hydrogen-bond donors (Lipinski definition) is 2. The van der Waals surface area contributed by atoms with Crippen molar-refractivity contribution in [3.8, 4) is 5.75 Å². The number of quaternary nitrogens is 1. The summed E-state index contributed by atoms with van der Waals surface area (Å²) in [4.78, 5) is 15.2. The largest absolute Gasteiger partial charge is 0.573 e. The molecule has 27 heavy (non-hydrogen) atoms. The first-order valence-corrected chi connectivity index (χ1v) is 9.83. The summed E-state index contributed by atoms with van der Waals surface area (Å²) in [6.07, 6.45) is -1.31. The van der Waals surface area contributed by atoms with Crippen LogP contribution in [-0.4, -0.2) is 25.4 Å². The van der Waals surface area contributed by atoms with E-state index < -0.39 is 6.36 Å². The quantitative estimate of drug-likeness (QED) is 0.814. The molecule has 2 aliphatic rings. The minimum Gasteiger partial charge on any atom is -0.406 e. The monoisotopic (exact) mass is 397 g/mol. The van der Waals surface area contributed by atoms with E-state index in [1.807, 2.05) is 0 Å². The molecule has 1 aromatic carbocycles. The summed E-state index contributed by atoms with van der Waals surface area (Å²) in [7, 11) is 0. The molecule has 4 rings (SSSR count). The molecule has 2 aromatic rings. The van der Waals surface area contributed by atoms with Gasteiger partial charge in [0.1, 0.15) is 11.8 Å². The van der Waals surface area contributed by atoms with Gasteiger partial charge in [-0.15, -0.1) is 24.5 Å². The van der Waals surface area contributed by atoms with Gasteiger partial charge in [-0.2, -0.15) is 0 Å². The number of benzene rings is 1. The van der Waals surface area contributed by atoms with Crippen molar-refractivity contribution in [1.29, 1.82) is 0 Å². The van der Waals surface area contributed by atoms with Crippen LogP contribution in [0.15, 0.2) is 35.7 Å². The van der Waals surface area contributed by atoms with Crippen molar-refractivity contribution in [2.75, 3.05) is 18.4 Å². The molecule has 2 heterocycles. The highest BCUT2D eigenvalue weighted by molar-refractivity contribution is 7.10. The normalized spacial score (nSPS) is 22.2. The molecule has 1 unspecified atom stereocenters. The molecule has 0 radical (unpaired) electrons. The van der Waals surface area contributed by atoms with Crippen molar-refractivity contribution in [3.05, 3.63) is 46.2 Å². The number of alkyl halides is 3. The molecule has 0 spiro atoms. The summed E-state index contributed by atoms with van der Waals surface area (Å²) in [5, 5.41) is 4.92. The molecule has 1 aromatic heterocycles. The van der Waals surface area contributed by atoms with E-state index >= 15 is 0 Å². The molecule has 4 nitrogen and oxygen atoms in total. The van der Waals surface area contributed by atoms with Gasteiger partial charge in [-0.3, -0.25) is 4.79 Å². The van der Waals surface area contributed by atoms with Crippen molar-refractivity contribution in [2.45, 2.75) is 31.7 Å². The Morgan fingerprint density at radius 2 is 1.96 bits per heavy atom. The Hall–Kier alpha value is -2.06. The lowest BCUT2D eigenvalue weighted by molar-refractivity contribution is -0.928. The molecule has 1 aliphatic heterocycles. The summed E-state index contributed by atoms with van der Waals surface area (Å²) in [6.45, 7) is 1.29. The third-order valence-corrected chi connectivity index (χ3v) is 6.08. The first-order chi connectivity index (χ1) is 12.9. The SMILES string of the molecule is O=C(C[NH+]1CCc2sccc2[C@@H]1C1CC1)Nc1ccc(OC(F)(F)F)cc1. The number of nitrogens with one attached hydrogen (secondary N) is 2. The number of rotatable bonds is 5. The lowest BCUT2D eigenvalue weighted by Crippen LogP contribution is -3.14. The van der Waals surface area contributed by atoms with Gasteiger partial charge in [0.05, 0.1) is 6.54 Å². The fourth-order valence-electron chi connectivity index (χ4n) is 3.85. The van der Waals surface area contributed by atoms with Crippen LogP contribution in [0.5, 0.6) is 5.75 Å². The summed E-state index contributed by atoms with van der Waals surface area (Å²) in [5.74, 6) is 0.222. The van der Waals surface area contributed by atoms with Crippen molar-refractivity contribution < 1.29 is 27.6 Å². The summed E-state index contributed by atoms with van der Waals surface area (Å²) < 4.78 is 40.5. The maximum absolute atomic E-state index is 12.5. The van der Waals surface area contributed by atoms with Crippen LogP contribution in [0, 0.1) is 5.92 Å². The van der Waals surface area contributed by atoms with E-state index in [0.717, 1.165) is 13.0 Å². The molecule has 8 heteroatoms. The Bertz CT molecular complexity index is 815. The molecule has 0 saturated heterocycles. The number of carbonyl (C=O) groups excluding carboxylic acids is 1. The third kappa shape index (κ3) is 4.44. The Kier molecular flexibility index (Phi) is 4.86. The highest BCUT2D eigenvalue weighted by atomic mass is 32.1. The Balaban J connectivity index is 1.38. The first-order valence-electron chi connectivity index (χ1n) is 8.95. The number of fused-ring (bicyclic) bond motifs is 1. The van der Waals surface area contributed by atoms with E-state index in [0.29, 0.717) is 24.2 Å². The zero-order valence-corrected chi connectivity index (χ0v) is 15.3.